The first-order valence-corrected chi connectivity index (χ1v) is 4.89. The van der Waals surface area contributed by atoms with E-state index >= 15 is 0 Å². The molecule has 0 aliphatic carbocycles. The fourth-order valence-electron chi connectivity index (χ4n) is 1.66. The Morgan fingerprint density at radius 1 is 1.06 bits per heavy atom. The van der Waals surface area contributed by atoms with Gasteiger partial charge in [0.05, 0.1) is 5.52 Å². The van der Waals surface area contributed by atoms with Gasteiger partial charge in [-0.3, -0.25) is 10.1 Å². The molecule has 3 nitrogen and oxygen atoms in total. The molecule has 16 heavy (non-hydrogen) atoms. The number of pyridine rings is 1. The molecule has 0 bridgehead atoms. The van der Waals surface area contributed by atoms with E-state index in [1.165, 1.54) is 12.1 Å². The Morgan fingerprint density at radius 3 is 2.69 bits per heavy atom. The summed E-state index contributed by atoms with van der Waals surface area (Å²) >= 11 is 0. The normalized spacial score (nSPS) is 10.8. The maximum atomic E-state index is 12.8. The van der Waals surface area contributed by atoms with Crippen LogP contribution in [0.2, 0.25) is 0 Å². The predicted molar refractivity (Wildman–Crippen MR) is 59.3 cm³/mol. The number of nitrogens with one attached hydrogen (secondary N) is 1. The average Bonchev–Trinajstić information content (AvgIpc) is 2.74. The second-order valence-electron chi connectivity index (χ2n) is 3.48. The zero-order valence-corrected chi connectivity index (χ0v) is 8.31. The zero-order valence-electron chi connectivity index (χ0n) is 8.31. The molecular weight excluding hydrogens is 205 g/mol. The minimum Gasteiger partial charge on any atom is -0.276 e. The highest BCUT2D eigenvalue weighted by Gasteiger charge is 2.08. The fourth-order valence-corrected chi connectivity index (χ4v) is 1.66. The molecule has 4 heteroatoms. The highest BCUT2D eigenvalue weighted by atomic mass is 19.1. The largest absolute Gasteiger partial charge is 0.276 e. The molecule has 1 aromatic carbocycles. The molecule has 0 radical (unpaired) electrons. The van der Waals surface area contributed by atoms with Crippen LogP contribution in [0, 0.1) is 5.82 Å². The average molecular weight is 213 g/mol. The van der Waals surface area contributed by atoms with Crippen LogP contribution in [0.1, 0.15) is 0 Å². The van der Waals surface area contributed by atoms with Gasteiger partial charge in [0.25, 0.3) is 0 Å². The summed E-state index contributed by atoms with van der Waals surface area (Å²) in [4.78, 5) is 4.25. The number of nitrogens with zero attached hydrogens (tertiary/aromatic N) is 2. The van der Waals surface area contributed by atoms with Gasteiger partial charge in [0.15, 0.2) is 0 Å². The Hall–Kier alpha value is -2.23. The van der Waals surface area contributed by atoms with E-state index in [2.05, 4.69) is 15.2 Å². The summed E-state index contributed by atoms with van der Waals surface area (Å²) in [6.07, 6.45) is 1.71. The molecule has 0 amide bonds. The summed E-state index contributed by atoms with van der Waals surface area (Å²) in [5.74, 6) is -0.253. The van der Waals surface area contributed by atoms with E-state index in [4.69, 9.17) is 0 Å². The number of rotatable bonds is 1. The van der Waals surface area contributed by atoms with Crippen LogP contribution in [0.3, 0.4) is 0 Å². The lowest BCUT2D eigenvalue weighted by Gasteiger charge is -1.96. The number of hydrogen-bond donors (Lipinski definition) is 1. The molecule has 2 heterocycles. The van der Waals surface area contributed by atoms with Gasteiger partial charge in [-0.2, -0.15) is 5.10 Å². The summed E-state index contributed by atoms with van der Waals surface area (Å²) in [5, 5.41) is 7.08. The third kappa shape index (κ3) is 1.35. The predicted octanol–water partition coefficient (Wildman–Crippen LogP) is 2.76. The fraction of sp³-hybridized carbons (Fsp3) is 0. The van der Waals surface area contributed by atoms with Gasteiger partial charge in [0, 0.05) is 11.8 Å². The standard InChI is InChI=1S/C12H8FN3/c13-9-5-3-8(4-6-9)11-12-10(15-16-11)2-1-7-14-12/h1-7H,(H,15,16). The highest BCUT2D eigenvalue weighted by molar-refractivity contribution is 5.89. The summed E-state index contributed by atoms with van der Waals surface area (Å²) in [7, 11) is 0. The van der Waals surface area contributed by atoms with E-state index in [9.17, 15) is 4.39 Å². The Labute approximate surface area is 91.0 Å². The number of aromatic amines is 1. The lowest BCUT2D eigenvalue weighted by Crippen LogP contribution is -1.81. The van der Waals surface area contributed by atoms with Crippen molar-refractivity contribution in [2.24, 2.45) is 0 Å². The minimum atomic E-state index is -0.253. The second kappa shape index (κ2) is 3.41. The Kier molecular flexibility index (Phi) is 1.93. The Bertz CT molecular complexity index is 628. The van der Waals surface area contributed by atoms with Gasteiger partial charge in [-0.25, -0.2) is 4.39 Å². The van der Waals surface area contributed by atoms with Crippen LogP contribution in [0.25, 0.3) is 22.3 Å². The first-order valence-electron chi connectivity index (χ1n) is 4.89. The van der Waals surface area contributed by atoms with Crippen LogP contribution in [-0.2, 0) is 0 Å². The molecule has 0 atom stereocenters. The number of halogens is 1. The van der Waals surface area contributed by atoms with Crippen LogP contribution in [0.4, 0.5) is 4.39 Å². The van der Waals surface area contributed by atoms with Crippen LogP contribution in [0.15, 0.2) is 42.6 Å². The molecule has 3 aromatic rings. The quantitative estimate of drug-likeness (QED) is 0.675. The van der Waals surface area contributed by atoms with E-state index in [-0.39, 0.29) is 5.82 Å². The second-order valence-corrected chi connectivity index (χ2v) is 3.48. The van der Waals surface area contributed by atoms with Crippen molar-refractivity contribution < 1.29 is 4.39 Å². The molecule has 3 rings (SSSR count). The number of H-pyrrole nitrogens is 1. The third-order valence-corrected chi connectivity index (χ3v) is 2.44. The third-order valence-electron chi connectivity index (χ3n) is 2.44. The summed E-state index contributed by atoms with van der Waals surface area (Å²) in [5.41, 5.74) is 3.28. The maximum absolute atomic E-state index is 12.8. The topological polar surface area (TPSA) is 41.6 Å². The van der Waals surface area contributed by atoms with Gasteiger partial charge >= 0.3 is 0 Å². The first kappa shape index (κ1) is 9.03. The van der Waals surface area contributed by atoms with E-state index in [0.29, 0.717) is 0 Å². The van der Waals surface area contributed by atoms with Gasteiger partial charge in [-0.1, -0.05) is 0 Å². The first-order chi connectivity index (χ1) is 7.84. The molecular formula is C12H8FN3. The lowest BCUT2D eigenvalue weighted by molar-refractivity contribution is 0.628. The minimum absolute atomic E-state index is 0.253. The van der Waals surface area contributed by atoms with E-state index in [1.807, 2.05) is 12.1 Å². The summed E-state index contributed by atoms with van der Waals surface area (Å²) in [6, 6.07) is 9.97. The molecule has 0 spiro atoms. The molecule has 0 unspecified atom stereocenters. The number of hydrogen-bond acceptors (Lipinski definition) is 2. The Morgan fingerprint density at radius 2 is 1.88 bits per heavy atom. The van der Waals surface area contributed by atoms with Gasteiger partial charge in [0.1, 0.15) is 17.0 Å². The maximum Gasteiger partial charge on any atom is 0.123 e. The highest BCUT2D eigenvalue weighted by Crippen LogP contribution is 2.24. The molecule has 78 valence electrons. The number of fused-ring (bicyclic) bond motifs is 1. The van der Waals surface area contributed by atoms with E-state index < -0.39 is 0 Å². The molecule has 2 aromatic heterocycles. The van der Waals surface area contributed by atoms with Crippen LogP contribution < -0.4 is 0 Å². The Balaban J connectivity index is 2.22. The van der Waals surface area contributed by atoms with E-state index in [0.717, 1.165) is 22.3 Å². The van der Waals surface area contributed by atoms with Crippen molar-refractivity contribution in [3.63, 3.8) is 0 Å². The molecule has 0 saturated carbocycles. The zero-order chi connectivity index (χ0) is 11.0. The molecule has 0 aliphatic rings. The van der Waals surface area contributed by atoms with Gasteiger partial charge < -0.3 is 0 Å². The van der Waals surface area contributed by atoms with Crippen molar-refractivity contribution in [2.45, 2.75) is 0 Å². The van der Waals surface area contributed by atoms with Crippen molar-refractivity contribution in [2.75, 3.05) is 0 Å². The number of aromatic nitrogens is 3. The van der Waals surface area contributed by atoms with E-state index in [1.54, 1.807) is 18.3 Å². The SMILES string of the molecule is Fc1ccc(-c2n[nH]c3cccnc23)cc1. The summed E-state index contributed by atoms with van der Waals surface area (Å²) < 4.78 is 12.8. The van der Waals surface area contributed by atoms with Crippen molar-refractivity contribution in [3.8, 4) is 11.3 Å². The van der Waals surface area contributed by atoms with Crippen molar-refractivity contribution in [3.05, 3.63) is 48.4 Å². The molecule has 1 N–H and O–H groups in total. The van der Waals surface area contributed by atoms with Crippen LogP contribution in [-0.4, -0.2) is 15.2 Å². The van der Waals surface area contributed by atoms with Crippen molar-refractivity contribution in [1.29, 1.82) is 0 Å². The molecule has 0 saturated heterocycles. The summed E-state index contributed by atoms with van der Waals surface area (Å²) in [6.45, 7) is 0. The van der Waals surface area contributed by atoms with Gasteiger partial charge in [-0.15, -0.1) is 0 Å². The molecule has 0 fully saturated rings. The van der Waals surface area contributed by atoms with Crippen molar-refractivity contribution >= 4 is 11.0 Å². The van der Waals surface area contributed by atoms with Crippen LogP contribution >= 0.6 is 0 Å². The number of benzene rings is 1. The van der Waals surface area contributed by atoms with Crippen LogP contribution in [0.5, 0.6) is 0 Å². The smallest absolute Gasteiger partial charge is 0.123 e. The van der Waals surface area contributed by atoms with Gasteiger partial charge in [0.2, 0.25) is 0 Å². The van der Waals surface area contributed by atoms with Gasteiger partial charge in [-0.05, 0) is 36.4 Å². The monoisotopic (exact) mass is 213 g/mol. The lowest BCUT2D eigenvalue weighted by atomic mass is 10.1. The molecule has 0 aliphatic heterocycles. The van der Waals surface area contributed by atoms with Crippen molar-refractivity contribution in [1.82, 2.24) is 15.2 Å².